The standard InChI is InChI=1S/C17H15IN2OS/c1-3-11-8-9-14-15(10-11)22-17(20(14)2)19-16(21)12-6-4-5-7-13(12)18/h4-10H,3H2,1-2H3. The smallest absolute Gasteiger partial charge is 0.280 e. The number of aromatic nitrogens is 1. The molecule has 0 radical (unpaired) electrons. The molecule has 22 heavy (non-hydrogen) atoms. The number of halogens is 1. The fraction of sp³-hybridized carbons (Fsp3) is 0.176. The predicted molar refractivity (Wildman–Crippen MR) is 99.2 cm³/mol. The van der Waals surface area contributed by atoms with Gasteiger partial charge < -0.3 is 4.57 Å². The van der Waals surface area contributed by atoms with E-state index in [2.05, 4.69) is 52.7 Å². The number of carbonyl (C=O) groups excluding carboxylic acids is 1. The molecule has 2 aromatic carbocycles. The SMILES string of the molecule is CCc1ccc2c(c1)sc(=NC(=O)c1ccccc1I)n2C. The average molecular weight is 422 g/mol. The summed E-state index contributed by atoms with van der Waals surface area (Å²) >= 11 is 3.72. The number of benzene rings is 2. The summed E-state index contributed by atoms with van der Waals surface area (Å²) in [6, 6.07) is 13.9. The van der Waals surface area contributed by atoms with Crippen LogP contribution in [0.2, 0.25) is 0 Å². The molecule has 3 rings (SSSR count). The Labute approximate surface area is 146 Å². The van der Waals surface area contributed by atoms with Gasteiger partial charge in [0, 0.05) is 10.6 Å². The zero-order chi connectivity index (χ0) is 15.7. The summed E-state index contributed by atoms with van der Waals surface area (Å²) in [5, 5.41) is 0. The topological polar surface area (TPSA) is 34.4 Å². The van der Waals surface area contributed by atoms with Gasteiger partial charge in [-0.1, -0.05) is 36.5 Å². The maximum absolute atomic E-state index is 12.4. The molecule has 0 spiro atoms. The van der Waals surface area contributed by atoms with E-state index in [1.807, 2.05) is 35.9 Å². The predicted octanol–water partition coefficient (Wildman–Crippen LogP) is 4.15. The largest absolute Gasteiger partial charge is 0.319 e. The van der Waals surface area contributed by atoms with Crippen molar-refractivity contribution in [1.82, 2.24) is 4.57 Å². The van der Waals surface area contributed by atoms with Gasteiger partial charge in [-0.2, -0.15) is 4.99 Å². The summed E-state index contributed by atoms with van der Waals surface area (Å²) in [7, 11) is 1.95. The fourth-order valence-electron chi connectivity index (χ4n) is 2.29. The minimum Gasteiger partial charge on any atom is -0.319 e. The lowest BCUT2D eigenvalue weighted by molar-refractivity contribution is 0.0997. The molecule has 0 N–H and O–H groups in total. The van der Waals surface area contributed by atoms with Gasteiger partial charge >= 0.3 is 0 Å². The number of nitrogens with zero attached hydrogens (tertiary/aromatic N) is 2. The van der Waals surface area contributed by atoms with Crippen molar-refractivity contribution in [2.45, 2.75) is 13.3 Å². The van der Waals surface area contributed by atoms with Crippen molar-refractivity contribution in [2.24, 2.45) is 12.0 Å². The molecule has 3 aromatic rings. The number of rotatable bonds is 2. The van der Waals surface area contributed by atoms with Gasteiger partial charge in [-0.25, -0.2) is 0 Å². The zero-order valence-electron chi connectivity index (χ0n) is 12.3. The average Bonchev–Trinajstić information content (AvgIpc) is 2.83. The molecular formula is C17H15IN2OS. The minimum absolute atomic E-state index is 0.192. The fourth-order valence-corrected chi connectivity index (χ4v) is 3.99. The van der Waals surface area contributed by atoms with Gasteiger partial charge in [0.05, 0.1) is 15.8 Å². The lowest BCUT2D eigenvalue weighted by Crippen LogP contribution is -2.13. The molecule has 3 nitrogen and oxygen atoms in total. The van der Waals surface area contributed by atoms with Gasteiger partial charge in [-0.05, 0) is 58.8 Å². The normalized spacial score (nSPS) is 12.0. The third-order valence-electron chi connectivity index (χ3n) is 3.58. The quantitative estimate of drug-likeness (QED) is 0.572. The highest BCUT2D eigenvalue weighted by atomic mass is 127. The van der Waals surface area contributed by atoms with Crippen molar-refractivity contribution in [3.63, 3.8) is 0 Å². The van der Waals surface area contributed by atoms with E-state index in [-0.39, 0.29) is 5.91 Å². The van der Waals surface area contributed by atoms with Crippen molar-refractivity contribution >= 4 is 50.1 Å². The van der Waals surface area contributed by atoms with Crippen LogP contribution in [0.1, 0.15) is 22.8 Å². The first-order valence-corrected chi connectivity index (χ1v) is 8.91. The van der Waals surface area contributed by atoms with Crippen LogP contribution in [0.4, 0.5) is 0 Å². The van der Waals surface area contributed by atoms with Crippen molar-refractivity contribution in [1.29, 1.82) is 0 Å². The number of hydrogen-bond acceptors (Lipinski definition) is 2. The number of carbonyl (C=O) groups is 1. The summed E-state index contributed by atoms with van der Waals surface area (Å²) < 4.78 is 4.06. The van der Waals surface area contributed by atoms with Crippen LogP contribution in [0.5, 0.6) is 0 Å². The zero-order valence-corrected chi connectivity index (χ0v) is 15.3. The van der Waals surface area contributed by atoms with E-state index in [4.69, 9.17) is 0 Å². The Kier molecular flexibility index (Phi) is 4.44. The maximum Gasteiger partial charge on any atom is 0.280 e. The van der Waals surface area contributed by atoms with Crippen molar-refractivity contribution < 1.29 is 4.79 Å². The minimum atomic E-state index is -0.192. The van der Waals surface area contributed by atoms with Crippen molar-refractivity contribution in [3.8, 4) is 0 Å². The molecule has 0 bridgehead atoms. The number of thiazole rings is 1. The van der Waals surface area contributed by atoms with Gasteiger partial charge in [0.25, 0.3) is 5.91 Å². The van der Waals surface area contributed by atoms with E-state index in [0.29, 0.717) is 5.56 Å². The van der Waals surface area contributed by atoms with Crippen LogP contribution < -0.4 is 4.80 Å². The first-order valence-electron chi connectivity index (χ1n) is 7.02. The number of aryl methyl sites for hydroxylation is 2. The summed E-state index contributed by atoms with van der Waals surface area (Å²) in [5.74, 6) is -0.192. The van der Waals surface area contributed by atoms with Crippen LogP contribution in [0.25, 0.3) is 10.2 Å². The molecule has 0 unspecified atom stereocenters. The molecule has 1 amide bonds. The van der Waals surface area contributed by atoms with E-state index >= 15 is 0 Å². The van der Waals surface area contributed by atoms with Crippen LogP contribution in [0, 0.1) is 3.57 Å². The second kappa shape index (κ2) is 6.34. The highest BCUT2D eigenvalue weighted by Gasteiger charge is 2.10. The third-order valence-corrected chi connectivity index (χ3v) is 5.62. The van der Waals surface area contributed by atoms with Crippen LogP contribution >= 0.6 is 33.9 Å². The molecule has 0 atom stereocenters. The summed E-state index contributed by atoms with van der Waals surface area (Å²) in [6.07, 6.45) is 1.01. The van der Waals surface area contributed by atoms with E-state index in [1.54, 1.807) is 11.3 Å². The van der Waals surface area contributed by atoms with Gasteiger partial charge in [0.2, 0.25) is 0 Å². The molecule has 0 fully saturated rings. The second-order valence-corrected chi connectivity index (χ2v) is 7.17. The summed E-state index contributed by atoms with van der Waals surface area (Å²) in [6.45, 7) is 2.14. The van der Waals surface area contributed by atoms with Gasteiger partial charge in [0.15, 0.2) is 4.80 Å². The summed E-state index contributed by atoms with van der Waals surface area (Å²) in [4.78, 5) is 17.5. The molecular weight excluding hydrogens is 407 g/mol. The van der Waals surface area contributed by atoms with Crippen LogP contribution in [-0.2, 0) is 13.5 Å². The Bertz CT molecular complexity index is 924. The maximum atomic E-state index is 12.4. The number of amides is 1. The highest BCUT2D eigenvalue weighted by Crippen LogP contribution is 2.19. The Morgan fingerprint density at radius 2 is 2.05 bits per heavy atom. The van der Waals surface area contributed by atoms with Crippen LogP contribution in [0.15, 0.2) is 47.5 Å². The lowest BCUT2D eigenvalue weighted by atomic mass is 10.2. The lowest BCUT2D eigenvalue weighted by Gasteiger charge is -1.99. The Balaban J connectivity index is 2.11. The van der Waals surface area contributed by atoms with Gasteiger partial charge in [-0.15, -0.1) is 0 Å². The van der Waals surface area contributed by atoms with Crippen molar-refractivity contribution in [3.05, 3.63) is 62.0 Å². The first kappa shape index (κ1) is 15.4. The molecule has 1 heterocycles. The van der Waals surface area contributed by atoms with Gasteiger partial charge in [-0.3, -0.25) is 4.79 Å². The van der Waals surface area contributed by atoms with E-state index in [0.717, 1.165) is 25.0 Å². The van der Waals surface area contributed by atoms with Gasteiger partial charge in [0.1, 0.15) is 0 Å². The monoisotopic (exact) mass is 422 g/mol. The van der Waals surface area contributed by atoms with Crippen LogP contribution in [-0.4, -0.2) is 10.5 Å². The Hall–Kier alpha value is -1.47. The molecule has 112 valence electrons. The van der Waals surface area contributed by atoms with E-state index < -0.39 is 0 Å². The molecule has 0 saturated carbocycles. The first-order chi connectivity index (χ1) is 10.6. The van der Waals surface area contributed by atoms with Crippen LogP contribution in [0.3, 0.4) is 0 Å². The number of fused-ring (bicyclic) bond motifs is 1. The molecule has 0 aliphatic heterocycles. The molecule has 0 aliphatic carbocycles. The molecule has 0 saturated heterocycles. The van der Waals surface area contributed by atoms with Crippen molar-refractivity contribution in [2.75, 3.05) is 0 Å². The summed E-state index contributed by atoms with van der Waals surface area (Å²) in [5.41, 5.74) is 3.05. The highest BCUT2D eigenvalue weighted by molar-refractivity contribution is 14.1. The molecule has 5 heteroatoms. The van der Waals surface area contributed by atoms with E-state index in [9.17, 15) is 4.79 Å². The Morgan fingerprint density at radius 3 is 2.77 bits per heavy atom. The molecule has 0 aliphatic rings. The second-order valence-electron chi connectivity index (χ2n) is 5.00. The third kappa shape index (κ3) is 2.87. The Morgan fingerprint density at radius 1 is 1.27 bits per heavy atom. The molecule has 1 aromatic heterocycles. The van der Waals surface area contributed by atoms with E-state index in [1.165, 1.54) is 5.56 Å². The number of hydrogen-bond donors (Lipinski definition) is 0.